The molecule has 21 heavy (non-hydrogen) atoms. The minimum Gasteiger partial charge on any atom is -0.394 e. The number of aliphatic hydroxyl groups is 1. The average molecular weight is 292 g/mol. The van der Waals surface area contributed by atoms with Crippen LogP contribution in [0, 0.1) is 0 Å². The molecule has 0 saturated carbocycles. The number of likely N-dealkylation sites (N-methyl/N-ethyl adjacent to an activating group) is 1. The Morgan fingerprint density at radius 2 is 1.76 bits per heavy atom. The predicted octanol–water partition coefficient (Wildman–Crippen LogP) is 3.43. The number of unbranched alkanes of at least 4 members (excludes halogenated alkanes) is 2. The van der Waals surface area contributed by atoms with Crippen LogP contribution in [0.25, 0.3) is 0 Å². The molecule has 1 aromatic carbocycles. The van der Waals surface area contributed by atoms with E-state index in [2.05, 4.69) is 54.4 Å². The van der Waals surface area contributed by atoms with Crippen molar-refractivity contribution in [3.05, 3.63) is 30.3 Å². The second-order valence-electron chi connectivity index (χ2n) is 6.10. The minimum absolute atomic E-state index is 0.138. The molecule has 0 spiro atoms. The molecule has 0 saturated heterocycles. The van der Waals surface area contributed by atoms with Crippen molar-refractivity contribution < 1.29 is 5.11 Å². The molecule has 0 aliphatic heterocycles. The third-order valence-electron chi connectivity index (χ3n) is 4.26. The summed E-state index contributed by atoms with van der Waals surface area (Å²) in [7, 11) is 1.92. The van der Waals surface area contributed by atoms with Crippen LogP contribution in [0.5, 0.6) is 0 Å². The zero-order valence-corrected chi connectivity index (χ0v) is 13.9. The molecule has 2 N–H and O–H groups in total. The number of anilines is 1. The summed E-state index contributed by atoms with van der Waals surface area (Å²) in [5.41, 5.74) is 1.19. The van der Waals surface area contributed by atoms with Gasteiger partial charge >= 0.3 is 0 Å². The number of hydrogen-bond acceptors (Lipinski definition) is 3. The first-order valence-corrected chi connectivity index (χ1v) is 8.25. The Labute approximate surface area is 130 Å². The van der Waals surface area contributed by atoms with Crippen molar-refractivity contribution in [1.29, 1.82) is 0 Å². The number of para-hydroxylation sites is 1. The molecule has 0 radical (unpaired) electrons. The van der Waals surface area contributed by atoms with Crippen molar-refractivity contribution in [3.63, 3.8) is 0 Å². The van der Waals surface area contributed by atoms with Gasteiger partial charge in [0.2, 0.25) is 0 Å². The normalized spacial score (nSPS) is 13.9. The topological polar surface area (TPSA) is 35.5 Å². The molecule has 0 aliphatic carbocycles. The third-order valence-corrected chi connectivity index (χ3v) is 4.26. The Morgan fingerprint density at radius 3 is 2.33 bits per heavy atom. The molecule has 0 aromatic heterocycles. The molecule has 0 amide bonds. The fraction of sp³-hybridized carbons (Fsp3) is 0.667. The van der Waals surface area contributed by atoms with Crippen molar-refractivity contribution in [3.8, 4) is 0 Å². The molecule has 120 valence electrons. The second-order valence-corrected chi connectivity index (χ2v) is 6.10. The van der Waals surface area contributed by atoms with Gasteiger partial charge in [-0.3, -0.25) is 0 Å². The lowest BCUT2D eigenvalue weighted by molar-refractivity contribution is 0.171. The van der Waals surface area contributed by atoms with E-state index in [-0.39, 0.29) is 12.1 Å². The predicted molar refractivity (Wildman–Crippen MR) is 92.0 cm³/mol. The quantitative estimate of drug-likeness (QED) is 0.613. The van der Waals surface area contributed by atoms with Crippen LogP contribution >= 0.6 is 0 Å². The van der Waals surface area contributed by atoms with Crippen molar-refractivity contribution in [1.82, 2.24) is 5.32 Å². The highest BCUT2D eigenvalue weighted by Crippen LogP contribution is 2.17. The highest BCUT2D eigenvalue weighted by molar-refractivity contribution is 5.45. The summed E-state index contributed by atoms with van der Waals surface area (Å²) in [4.78, 5) is 2.49. The van der Waals surface area contributed by atoms with E-state index < -0.39 is 0 Å². The van der Waals surface area contributed by atoms with Gasteiger partial charge in [0.05, 0.1) is 6.61 Å². The number of nitrogens with zero attached hydrogens (tertiary/aromatic N) is 1. The first-order valence-electron chi connectivity index (χ1n) is 8.25. The van der Waals surface area contributed by atoms with Gasteiger partial charge in [0.15, 0.2) is 0 Å². The number of nitrogens with one attached hydrogen (secondary N) is 1. The first kappa shape index (κ1) is 18.0. The average Bonchev–Trinajstić information content (AvgIpc) is 2.54. The lowest BCUT2D eigenvalue weighted by Gasteiger charge is -2.28. The first-order chi connectivity index (χ1) is 10.1. The molecule has 0 bridgehead atoms. The Balaban J connectivity index is 2.44. The van der Waals surface area contributed by atoms with Gasteiger partial charge in [-0.15, -0.1) is 0 Å². The van der Waals surface area contributed by atoms with E-state index in [1.54, 1.807) is 0 Å². The van der Waals surface area contributed by atoms with Crippen LogP contribution in [0.3, 0.4) is 0 Å². The minimum atomic E-state index is -0.138. The number of rotatable bonds is 11. The van der Waals surface area contributed by atoms with Crippen LogP contribution in [0.15, 0.2) is 30.3 Å². The van der Waals surface area contributed by atoms with Crippen LogP contribution in [0.1, 0.15) is 46.0 Å². The van der Waals surface area contributed by atoms with Gasteiger partial charge in [-0.05, 0) is 51.8 Å². The van der Waals surface area contributed by atoms with Gasteiger partial charge in [-0.25, -0.2) is 0 Å². The van der Waals surface area contributed by atoms with Crippen molar-refractivity contribution in [2.24, 2.45) is 0 Å². The van der Waals surface area contributed by atoms with Crippen LogP contribution in [-0.2, 0) is 0 Å². The molecule has 0 fully saturated rings. The molecular weight excluding hydrogens is 260 g/mol. The lowest BCUT2D eigenvalue weighted by atomic mass is 9.96. The van der Waals surface area contributed by atoms with Crippen molar-refractivity contribution in [2.45, 2.75) is 51.5 Å². The molecule has 0 aliphatic rings. The summed E-state index contributed by atoms with van der Waals surface area (Å²) in [6.45, 7) is 6.74. The van der Waals surface area contributed by atoms with Crippen LogP contribution in [-0.4, -0.2) is 37.4 Å². The fourth-order valence-electron chi connectivity index (χ4n) is 2.46. The van der Waals surface area contributed by atoms with Crippen LogP contribution < -0.4 is 10.2 Å². The number of aliphatic hydroxyl groups excluding tert-OH is 1. The largest absolute Gasteiger partial charge is 0.394 e. The molecule has 0 heterocycles. The zero-order valence-electron chi connectivity index (χ0n) is 13.9. The summed E-state index contributed by atoms with van der Waals surface area (Å²) >= 11 is 0. The lowest BCUT2D eigenvalue weighted by Crippen LogP contribution is -2.43. The standard InChI is InChI=1S/C18H32N2O/c1-4-5-14-20(17-11-7-6-8-12-17)15-10-9-13-18(2,16-21)19-3/h6-8,11-12,19,21H,4-5,9-10,13-16H2,1-3H3. The van der Waals surface area contributed by atoms with Crippen molar-refractivity contribution in [2.75, 3.05) is 31.6 Å². The smallest absolute Gasteiger partial charge is 0.0610 e. The van der Waals surface area contributed by atoms with Gasteiger partial charge in [0.25, 0.3) is 0 Å². The van der Waals surface area contributed by atoms with Crippen molar-refractivity contribution >= 4 is 5.69 Å². The molecular formula is C18H32N2O. The van der Waals surface area contributed by atoms with Gasteiger partial charge < -0.3 is 15.3 Å². The maximum atomic E-state index is 9.42. The second kappa shape index (κ2) is 9.80. The molecule has 1 rings (SSSR count). The zero-order chi connectivity index (χ0) is 15.6. The van der Waals surface area contributed by atoms with Gasteiger partial charge in [0.1, 0.15) is 0 Å². The summed E-state index contributed by atoms with van der Waals surface area (Å²) in [5, 5.41) is 12.6. The van der Waals surface area contributed by atoms with Gasteiger partial charge in [-0.1, -0.05) is 31.5 Å². The van der Waals surface area contributed by atoms with Crippen LogP contribution in [0.4, 0.5) is 5.69 Å². The summed E-state index contributed by atoms with van der Waals surface area (Å²) in [6.07, 6.45) is 5.77. The van der Waals surface area contributed by atoms with E-state index >= 15 is 0 Å². The fourth-order valence-corrected chi connectivity index (χ4v) is 2.46. The summed E-state index contributed by atoms with van der Waals surface area (Å²) in [5.74, 6) is 0. The monoisotopic (exact) mass is 292 g/mol. The Bertz CT molecular complexity index is 363. The van der Waals surface area contributed by atoms with Crippen LogP contribution in [0.2, 0.25) is 0 Å². The molecule has 1 aromatic rings. The van der Waals surface area contributed by atoms with Gasteiger partial charge in [0, 0.05) is 24.3 Å². The molecule has 1 atom stereocenters. The van der Waals surface area contributed by atoms with E-state index in [1.807, 2.05) is 7.05 Å². The summed E-state index contributed by atoms with van der Waals surface area (Å²) < 4.78 is 0. The maximum Gasteiger partial charge on any atom is 0.0610 e. The molecule has 3 heteroatoms. The SMILES string of the molecule is CCCCN(CCCCC(C)(CO)NC)c1ccccc1. The highest BCUT2D eigenvalue weighted by atomic mass is 16.3. The number of benzene rings is 1. The van der Waals surface area contributed by atoms with E-state index in [1.165, 1.54) is 18.5 Å². The van der Waals surface area contributed by atoms with E-state index in [9.17, 15) is 5.11 Å². The molecule has 3 nitrogen and oxygen atoms in total. The maximum absolute atomic E-state index is 9.42. The van der Waals surface area contributed by atoms with Gasteiger partial charge in [-0.2, -0.15) is 0 Å². The third kappa shape index (κ3) is 6.49. The highest BCUT2D eigenvalue weighted by Gasteiger charge is 2.19. The summed E-state index contributed by atoms with van der Waals surface area (Å²) in [6, 6.07) is 10.7. The Hall–Kier alpha value is -1.06. The Kier molecular flexibility index (Phi) is 8.40. The van der Waals surface area contributed by atoms with E-state index in [0.717, 1.165) is 32.4 Å². The van der Waals surface area contributed by atoms with E-state index in [0.29, 0.717) is 0 Å². The van der Waals surface area contributed by atoms with E-state index in [4.69, 9.17) is 0 Å². The molecule has 1 unspecified atom stereocenters. The Morgan fingerprint density at radius 1 is 1.10 bits per heavy atom. The number of hydrogen-bond donors (Lipinski definition) is 2.